The Balaban J connectivity index is 1.39. The molecule has 8 nitrogen and oxygen atoms in total. The summed E-state index contributed by atoms with van der Waals surface area (Å²) >= 11 is 0. The molecule has 3 heterocycles. The zero-order valence-electron chi connectivity index (χ0n) is 15.9. The van der Waals surface area contributed by atoms with E-state index in [0.29, 0.717) is 37.6 Å². The molecule has 1 saturated heterocycles. The minimum Gasteiger partial charge on any atom is -0.360 e. The summed E-state index contributed by atoms with van der Waals surface area (Å²) in [4.78, 5) is 2.44. The van der Waals surface area contributed by atoms with Crippen LogP contribution in [0, 0.1) is 13.8 Å². The molecule has 1 aromatic carbocycles. The SMILES string of the molecule is Cc1noc(C)c1S(=O)(=O)N1CCN(Cc2cnn(-c3ccccc3)c2)CC1. The van der Waals surface area contributed by atoms with E-state index in [2.05, 4.69) is 15.2 Å². The molecule has 0 radical (unpaired) electrons. The number of rotatable bonds is 5. The molecule has 148 valence electrons. The van der Waals surface area contributed by atoms with Crippen LogP contribution < -0.4 is 0 Å². The van der Waals surface area contributed by atoms with Gasteiger partial charge in [0.25, 0.3) is 0 Å². The number of nitrogens with zero attached hydrogens (tertiary/aromatic N) is 5. The van der Waals surface area contributed by atoms with Crippen molar-refractivity contribution in [3.63, 3.8) is 0 Å². The first-order valence-corrected chi connectivity index (χ1v) is 10.6. The fraction of sp³-hybridized carbons (Fsp3) is 0.368. The molecule has 1 aliphatic heterocycles. The number of sulfonamides is 1. The normalized spacial score (nSPS) is 16.5. The lowest BCUT2D eigenvalue weighted by Crippen LogP contribution is -2.48. The maximum atomic E-state index is 12.9. The van der Waals surface area contributed by atoms with Gasteiger partial charge in [-0.15, -0.1) is 0 Å². The van der Waals surface area contributed by atoms with Crippen LogP contribution in [0.15, 0.2) is 52.1 Å². The van der Waals surface area contributed by atoms with Gasteiger partial charge in [-0.25, -0.2) is 13.1 Å². The third-order valence-corrected chi connectivity index (χ3v) is 7.10. The van der Waals surface area contributed by atoms with Crippen LogP contribution in [0.5, 0.6) is 0 Å². The van der Waals surface area contributed by atoms with E-state index >= 15 is 0 Å². The molecule has 3 aromatic rings. The second-order valence-electron chi connectivity index (χ2n) is 6.96. The van der Waals surface area contributed by atoms with Crippen molar-refractivity contribution in [3.05, 3.63) is 59.7 Å². The largest absolute Gasteiger partial charge is 0.360 e. The third-order valence-electron chi connectivity index (χ3n) is 4.96. The second kappa shape index (κ2) is 7.50. The van der Waals surface area contributed by atoms with Crippen molar-refractivity contribution in [2.45, 2.75) is 25.3 Å². The summed E-state index contributed by atoms with van der Waals surface area (Å²) in [5.74, 6) is 0.341. The molecule has 0 saturated carbocycles. The predicted octanol–water partition coefficient (Wildman–Crippen LogP) is 1.98. The fourth-order valence-electron chi connectivity index (χ4n) is 3.52. The number of hydrogen-bond acceptors (Lipinski definition) is 6. The first-order chi connectivity index (χ1) is 13.4. The van der Waals surface area contributed by atoms with Crippen molar-refractivity contribution in [3.8, 4) is 5.69 Å². The van der Waals surface area contributed by atoms with Crippen molar-refractivity contribution in [2.75, 3.05) is 26.2 Å². The van der Waals surface area contributed by atoms with Gasteiger partial charge in [0.15, 0.2) is 5.76 Å². The number of aromatic nitrogens is 3. The Morgan fingerprint density at radius 3 is 2.43 bits per heavy atom. The smallest absolute Gasteiger partial charge is 0.248 e. The molecule has 0 unspecified atom stereocenters. The van der Waals surface area contributed by atoms with Gasteiger partial charge in [-0.05, 0) is 26.0 Å². The predicted molar refractivity (Wildman–Crippen MR) is 104 cm³/mol. The highest BCUT2D eigenvalue weighted by Crippen LogP contribution is 2.24. The second-order valence-corrected chi connectivity index (χ2v) is 8.84. The van der Waals surface area contributed by atoms with Crippen LogP contribution in [0.1, 0.15) is 17.0 Å². The highest BCUT2D eigenvalue weighted by molar-refractivity contribution is 7.89. The molecule has 0 spiro atoms. The monoisotopic (exact) mass is 401 g/mol. The Morgan fingerprint density at radius 2 is 1.79 bits per heavy atom. The molecule has 2 aromatic heterocycles. The van der Waals surface area contributed by atoms with E-state index in [4.69, 9.17) is 4.52 Å². The highest BCUT2D eigenvalue weighted by atomic mass is 32.2. The molecular weight excluding hydrogens is 378 g/mol. The fourth-order valence-corrected chi connectivity index (χ4v) is 5.24. The Bertz CT molecular complexity index is 1030. The maximum absolute atomic E-state index is 12.9. The van der Waals surface area contributed by atoms with Crippen LogP contribution in [0.4, 0.5) is 0 Å². The zero-order chi connectivity index (χ0) is 19.7. The van der Waals surface area contributed by atoms with Crippen LogP contribution in [-0.4, -0.2) is 58.7 Å². The number of hydrogen-bond donors (Lipinski definition) is 0. The molecule has 0 bridgehead atoms. The van der Waals surface area contributed by atoms with Crippen molar-refractivity contribution in [1.29, 1.82) is 0 Å². The minimum atomic E-state index is -3.57. The first-order valence-electron chi connectivity index (χ1n) is 9.19. The summed E-state index contributed by atoms with van der Waals surface area (Å²) in [5.41, 5.74) is 2.53. The van der Waals surface area contributed by atoms with Crippen LogP contribution in [0.3, 0.4) is 0 Å². The average Bonchev–Trinajstić information content (AvgIpc) is 3.29. The van der Waals surface area contributed by atoms with Gasteiger partial charge in [0.1, 0.15) is 10.6 Å². The summed E-state index contributed by atoms with van der Waals surface area (Å²) in [6.45, 7) is 6.25. The molecule has 0 amide bonds. The Labute approximate surface area is 164 Å². The lowest BCUT2D eigenvalue weighted by atomic mass is 10.3. The van der Waals surface area contributed by atoms with Crippen LogP contribution >= 0.6 is 0 Å². The summed E-state index contributed by atoms with van der Waals surface area (Å²) in [6.07, 6.45) is 3.88. The lowest BCUT2D eigenvalue weighted by Gasteiger charge is -2.33. The van der Waals surface area contributed by atoms with E-state index in [1.807, 2.05) is 47.4 Å². The molecule has 0 atom stereocenters. The first kappa shape index (κ1) is 18.9. The molecule has 9 heteroatoms. The lowest BCUT2D eigenvalue weighted by molar-refractivity contribution is 0.181. The maximum Gasteiger partial charge on any atom is 0.248 e. The van der Waals surface area contributed by atoms with Gasteiger partial charge in [-0.2, -0.15) is 9.40 Å². The Hall–Kier alpha value is -2.49. The summed E-state index contributed by atoms with van der Waals surface area (Å²) in [7, 11) is -3.57. The molecule has 0 N–H and O–H groups in total. The number of benzene rings is 1. The van der Waals surface area contributed by atoms with E-state index in [9.17, 15) is 8.42 Å². The van der Waals surface area contributed by atoms with E-state index in [1.165, 1.54) is 4.31 Å². The average molecular weight is 401 g/mol. The summed E-state index contributed by atoms with van der Waals surface area (Å²) < 4.78 is 34.2. The highest BCUT2D eigenvalue weighted by Gasteiger charge is 2.33. The third kappa shape index (κ3) is 3.60. The molecule has 28 heavy (non-hydrogen) atoms. The molecule has 4 rings (SSSR count). The van der Waals surface area contributed by atoms with Crippen molar-refractivity contribution in [1.82, 2.24) is 24.1 Å². The number of piperazine rings is 1. The van der Waals surface area contributed by atoms with Crippen molar-refractivity contribution >= 4 is 10.0 Å². The molecule has 0 aliphatic carbocycles. The van der Waals surface area contributed by atoms with E-state index in [0.717, 1.165) is 17.8 Å². The van der Waals surface area contributed by atoms with Gasteiger partial charge in [0.2, 0.25) is 10.0 Å². The van der Waals surface area contributed by atoms with E-state index in [1.54, 1.807) is 13.8 Å². The quantitative estimate of drug-likeness (QED) is 0.650. The standard InChI is InChI=1S/C19H23N5O3S/c1-15-19(16(2)27-21-15)28(25,26)23-10-8-22(9-11-23)13-17-12-20-24(14-17)18-6-4-3-5-7-18/h3-7,12,14H,8-11,13H2,1-2H3. The van der Waals surface area contributed by atoms with E-state index < -0.39 is 10.0 Å². The van der Waals surface area contributed by atoms with Gasteiger partial charge >= 0.3 is 0 Å². The topological polar surface area (TPSA) is 84.5 Å². The number of aryl methyl sites for hydroxylation is 2. The van der Waals surface area contributed by atoms with Gasteiger partial charge in [-0.3, -0.25) is 4.90 Å². The van der Waals surface area contributed by atoms with Gasteiger partial charge in [-0.1, -0.05) is 23.4 Å². The van der Waals surface area contributed by atoms with Gasteiger partial charge < -0.3 is 4.52 Å². The van der Waals surface area contributed by atoms with Crippen LogP contribution in [-0.2, 0) is 16.6 Å². The molecule has 1 fully saturated rings. The number of para-hydroxylation sites is 1. The summed E-state index contributed by atoms with van der Waals surface area (Å²) in [6, 6.07) is 9.96. The zero-order valence-corrected chi connectivity index (χ0v) is 16.8. The minimum absolute atomic E-state index is 0.199. The molecule has 1 aliphatic rings. The van der Waals surface area contributed by atoms with Gasteiger partial charge in [0.05, 0.1) is 11.9 Å². The van der Waals surface area contributed by atoms with Crippen LogP contribution in [0.25, 0.3) is 5.69 Å². The van der Waals surface area contributed by atoms with Crippen LogP contribution in [0.2, 0.25) is 0 Å². The Morgan fingerprint density at radius 1 is 1.07 bits per heavy atom. The van der Waals surface area contributed by atoms with E-state index in [-0.39, 0.29) is 4.90 Å². The van der Waals surface area contributed by atoms with Crippen molar-refractivity contribution in [2.24, 2.45) is 0 Å². The molecular formula is C19H23N5O3S. The Kier molecular flexibility index (Phi) is 5.05. The van der Waals surface area contributed by atoms with Crippen molar-refractivity contribution < 1.29 is 12.9 Å². The summed E-state index contributed by atoms with van der Waals surface area (Å²) in [5, 5.41) is 8.20. The van der Waals surface area contributed by atoms with Gasteiger partial charge in [0, 0.05) is 44.5 Å².